The van der Waals surface area contributed by atoms with E-state index in [1.54, 1.807) is 0 Å². The second-order valence-electron chi connectivity index (χ2n) is 0.885. The molecule has 0 fully saturated rings. The summed E-state index contributed by atoms with van der Waals surface area (Å²) in [4.78, 5) is 2.86. The van der Waals surface area contributed by atoms with Gasteiger partial charge in [0, 0.05) is 12.4 Å². The zero-order valence-electron chi connectivity index (χ0n) is 3.52. The topological polar surface area (TPSA) is 44.3 Å². The van der Waals surface area contributed by atoms with Gasteiger partial charge >= 0.3 is 17.1 Å². The van der Waals surface area contributed by atoms with E-state index < -0.39 is 0 Å². The molecule has 1 aromatic heterocycles. The van der Waals surface area contributed by atoms with E-state index in [1.807, 2.05) is 24.5 Å². The molecule has 7 heavy (non-hydrogen) atoms. The van der Waals surface area contributed by atoms with E-state index in [2.05, 4.69) is 4.98 Å². The Balaban J connectivity index is 0. The van der Waals surface area contributed by atoms with Crippen LogP contribution >= 0.6 is 0 Å². The molecule has 0 aromatic carbocycles. The number of nitrogens with one attached hydrogen (secondary N) is 1. The Kier molecular flexibility index (Phi) is 8.14. The van der Waals surface area contributed by atoms with Crippen LogP contribution in [0.4, 0.5) is 0 Å². The Bertz CT molecular complexity index is 68.2. The van der Waals surface area contributed by atoms with Gasteiger partial charge in [-0.15, -0.1) is 0 Å². The predicted molar refractivity (Wildman–Crippen MR) is 21.5 cm³/mol. The maximum Gasteiger partial charge on any atom is 2.00 e. The summed E-state index contributed by atoms with van der Waals surface area (Å²) in [7, 11) is 0. The van der Waals surface area contributed by atoms with Gasteiger partial charge in [0.15, 0.2) is 0 Å². The average Bonchev–Trinajstić information content (AvgIpc) is 1.76. The van der Waals surface area contributed by atoms with Gasteiger partial charge in [0.1, 0.15) is 0 Å². The maximum atomic E-state index is 2.86. The Labute approximate surface area is 52.7 Å². The summed E-state index contributed by atoms with van der Waals surface area (Å²) in [6.45, 7) is 0. The third kappa shape index (κ3) is 3.59. The van der Waals surface area contributed by atoms with Gasteiger partial charge in [-0.3, -0.25) is 0 Å². The number of H-pyrrole nitrogens is 1. The summed E-state index contributed by atoms with van der Waals surface area (Å²) in [5.74, 6) is 0. The number of aromatic nitrogens is 1. The SMILES string of the molecule is [Cu+2].[O-2].c1cc[nH]c1. The molecule has 0 bridgehead atoms. The summed E-state index contributed by atoms with van der Waals surface area (Å²) < 4.78 is 0. The van der Waals surface area contributed by atoms with Crippen LogP contribution in [0.25, 0.3) is 0 Å². The molecule has 1 heterocycles. The van der Waals surface area contributed by atoms with Gasteiger partial charge in [-0.1, -0.05) is 0 Å². The van der Waals surface area contributed by atoms with Crippen molar-refractivity contribution in [2.45, 2.75) is 0 Å². The van der Waals surface area contributed by atoms with Crippen molar-refractivity contribution in [3.8, 4) is 0 Å². The van der Waals surface area contributed by atoms with Crippen molar-refractivity contribution in [2.75, 3.05) is 0 Å². The Hall–Kier alpha value is -0.241. The van der Waals surface area contributed by atoms with Gasteiger partial charge in [-0.05, 0) is 12.1 Å². The van der Waals surface area contributed by atoms with Crippen molar-refractivity contribution in [3.05, 3.63) is 24.5 Å². The fourth-order valence-electron chi connectivity index (χ4n) is 0.278. The molecule has 0 unspecified atom stereocenters. The first-order valence-corrected chi connectivity index (χ1v) is 1.58. The standard InChI is InChI=1S/C4H5N.Cu.O/c1-2-4-5-3-1;;/h1-5H;;/q;+2;-2. The second kappa shape index (κ2) is 5.76. The molecule has 2 nitrogen and oxygen atoms in total. The van der Waals surface area contributed by atoms with Crippen LogP contribution in [0.3, 0.4) is 0 Å². The first-order chi connectivity index (χ1) is 2.50. The van der Waals surface area contributed by atoms with Gasteiger partial charge in [0.25, 0.3) is 0 Å². The summed E-state index contributed by atoms with van der Waals surface area (Å²) in [6.07, 6.45) is 3.75. The molecule has 0 saturated carbocycles. The normalized spacial score (nSPS) is 5.71. The van der Waals surface area contributed by atoms with Crippen molar-refractivity contribution in [1.29, 1.82) is 0 Å². The fraction of sp³-hybridized carbons (Fsp3) is 0. The smallest absolute Gasteiger partial charge is 2.00 e. The van der Waals surface area contributed by atoms with E-state index in [-0.39, 0.29) is 22.5 Å². The molecule has 3 heteroatoms. The van der Waals surface area contributed by atoms with Crippen LogP contribution in [0.2, 0.25) is 0 Å². The fourth-order valence-corrected chi connectivity index (χ4v) is 0.278. The molecule has 43 valence electrons. The molecule has 1 radical (unpaired) electrons. The Morgan fingerprint density at radius 3 is 1.57 bits per heavy atom. The molecular formula is C4H5CuNO. The number of hydrogen-bond acceptors (Lipinski definition) is 0. The molecular weight excluding hydrogens is 142 g/mol. The van der Waals surface area contributed by atoms with Gasteiger partial charge in [0.05, 0.1) is 0 Å². The monoisotopic (exact) mass is 146 g/mol. The first-order valence-electron chi connectivity index (χ1n) is 1.58. The minimum absolute atomic E-state index is 0. The van der Waals surface area contributed by atoms with Gasteiger partial charge in [-0.25, -0.2) is 0 Å². The van der Waals surface area contributed by atoms with E-state index in [1.165, 1.54) is 0 Å². The number of hydrogen-bond donors (Lipinski definition) is 1. The molecule has 0 spiro atoms. The third-order valence-electron chi connectivity index (χ3n) is 0.496. The summed E-state index contributed by atoms with van der Waals surface area (Å²) in [5, 5.41) is 0. The predicted octanol–water partition coefficient (Wildman–Crippen LogP) is 0.893. The third-order valence-corrected chi connectivity index (χ3v) is 0.496. The van der Waals surface area contributed by atoms with Crippen LogP contribution in [0.1, 0.15) is 0 Å². The summed E-state index contributed by atoms with van der Waals surface area (Å²) in [6, 6.07) is 3.89. The van der Waals surface area contributed by atoms with E-state index in [0.717, 1.165) is 0 Å². The van der Waals surface area contributed by atoms with E-state index in [0.29, 0.717) is 0 Å². The van der Waals surface area contributed by atoms with Crippen LogP contribution in [0.15, 0.2) is 24.5 Å². The van der Waals surface area contributed by atoms with Gasteiger partial charge < -0.3 is 10.5 Å². The van der Waals surface area contributed by atoms with Crippen molar-refractivity contribution < 1.29 is 22.5 Å². The minimum Gasteiger partial charge on any atom is -2.00 e. The van der Waals surface area contributed by atoms with E-state index in [9.17, 15) is 0 Å². The number of rotatable bonds is 0. The summed E-state index contributed by atoms with van der Waals surface area (Å²) >= 11 is 0. The molecule has 0 saturated heterocycles. The van der Waals surface area contributed by atoms with Gasteiger partial charge in [0.2, 0.25) is 0 Å². The number of aromatic amines is 1. The largest absolute Gasteiger partial charge is 2.00 e. The molecule has 1 aromatic rings. The molecule has 0 amide bonds. The first kappa shape index (κ1) is 9.90. The van der Waals surface area contributed by atoms with E-state index in [4.69, 9.17) is 0 Å². The van der Waals surface area contributed by atoms with E-state index >= 15 is 0 Å². The zero-order valence-corrected chi connectivity index (χ0v) is 4.46. The quantitative estimate of drug-likeness (QED) is 0.529. The van der Waals surface area contributed by atoms with Crippen molar-refractivity contribution in [2.24, 2.45) is 0 Å². The molecule has 0 aliphatic carbocycles. The van der Waals surface area contributed by atoms with Crippen LogP contribution in [-0.2, 0) is 22.5 Å². The average molecular weight is 147 g/mol. The Morgan fingerprint density at radius 1 is 1.00 bits per heavy atom. The minimum atomic E-state index is 0. The Morgan fingerprint density at radius 2 is 1.43 bits per heavy atom. The van der Waals surface area contributed by atoms with Crippen LogP contribution in [0, 0.1) is 0 Å². The van der Waals surface area contributed by atoms with Crippen LogP contribution in [-0.4, -0.2) is 4.98 Å². The van der Waals surface area contributed by atoms with Crippen molar-refractivity contribution in [1.82, 2.24) is 4.98 Å². The molecule has 0 atom stereocenters. The van der Waals surface area contributed by atoms with Crippen LogP contribution in [0.5, 0.6) is 0 Å². The molecule has 0 aliphatic heterocycles. The van der Waals surface area contributed by atoms with Gasteiger partial charge in [-0.2, -0.15) is 0 Å². The molecule has 1 N–H and O–H groups in total. The van der Waals surface area contributed by atoms with Crippen LogP contribution < -0.4 is 0 Å². The molecule has 0 aliphatic rings. The summed E-state index contributed by atoms with van der Waals surface area (Å²) in [5.41, 5.74) is 0. The van der Waals surface area contributed by atoms with Crippen molar-refractivity contribution in [3.63, 3.8) is 0 Å². The second-order valence-corrected chi connectivity index (χ2v) is 0.885. The molecule has 1 rings (SSSR count). The zero-order chi connectivity index (χ0) is 3.54. The maximum absolute atomic E-state index is 2.86. The van der Waals surface area contributed by atoms with Crippen molar-refractivity contribution >= 4 is 0 Å².